The fourth-order valence-corrected chi connectivity index (χ4v) is 3.33. The van der Waals surface area contributed by atoms with Crippen LogP contribution in [0.5, 0.6) is 0 Å². The minimum absolute atomic E-state index is 0.0703. The average Bonchev–Trinajstić information content (AvgIpc) is 2.57. The first-order chi connectivity index (χ1) is 8.00. The van der Waals surface area contributed by atoms with Crippen LogP contribution in [0.4, 0.5) is 8.78 Å². The SMILES string of the molecule is Cc1cc(C)c(C(Cl)c2c(F)cccc2F)s1. The highest BCUT2D eigenvalue weighted by molar-refractivity contribution is 7.12. The second-order valence-corrected chi connectivity index (χ2v) is 5.63. The number of hydrogen-bond donors (Lipinski definition) is 0. The minimum Gasteiger partial charge on any atom is -0.207 e. The van der Waals surface area contributed by atoms with Gasteiger partial charge in [0.15, 0.2) is 0 Å². The van der Waals surface area contributed by atoms with Gasteiger partial charge in [0.25, 0.3) is 0 Å². The monoisotopic (exact) mass is 272 g/mol. The average molecular weight is 273 g/mol. The van der Waals surface area contributed by atoms with Crippen LogP contribution in [0.3, 0.4) is 0 Å². The van der Waals surface area contributed by atoms with Crippen LogP contribution in [0.1, 0.15) is 26.3 Å². The highest BCUT2D eigenvalue weighted by Crippen LogP contribution is 2.38. The molecule has 0 aliphatic heterocycles. The molecule has 0 radical (unpaired) electrons. The summed E-state index contributed by atoms with van der Waals surface area (Å²) in [6.07, 6.45) is 0. The lowest BCUT2D eigenvalue weighted by atomic mass is 10.1. The van der Waals surface area contributed by atoms with Gasteiger partial charge in [0.2, 0.25) is 0 Å². The third-order valence-electron chi connectivity index (χ3n) is 2.56. The normalized spacial score (nSPS) is 12.8. The fraction of sp³-hybridized carbons (Fsp3) is 0.231. The predicted molar refractivity (Wildman–Crippen MR) is 67.8 cm³/mol. The molecule has 1 aromatic carbocycles. The van der Waals surface area contributed by atoms with E-state index in [1.54, 1.807) is 0 Å². The maximum absolute atomic E-state index is 13.6. The molecule has 0 aliphatic rings. The van der Waals surface area contributed by atoms with Gasteiger partial charge in [-0.15, -0.1) is 22.9 Å². The minimum atomic E-state index is -0.769. The molecule has 1 heterocycles. The molecule has 2 aromatic rings. The van der Waals surface area contributed by atoms with Crippen LogP contribution in [0.25, 0.3) is 0 Å². The summed E-state index contributed by atoms with van der Waals surface area (Å²) in [5.74, 6) is -1.20. The molecular weight excluding hydrogens is 262 g/mol. The van der Waals surface area contributed by atoms with Crippen molar-refractivity contribution >= 4 is 22.9 Å². The van der Waals surface area contributed by atoms with Gasteiger partial charge in [-0.1, -0.05) is 6.07 Å². The van der Waals surface area contributed by atoms with Gasteiger partial charge in [-0.25, -0.2) is 8.78 Å². The molecule has 0 aliphatic carbocycles. The Hall–Kier alpha value is -0.930. The summed E-state index contributed by atoms with van der Waals surface area (Å²) in [4.78, 5) is 1.88. The second kappa shape index (κ2) is 4.75. The molecule has 4 heteroatoms. The number of aryl methyl sites for hydroxylation is 2. The van der Waals surface area contributed by atoms with Crippen molar-refractivity contribution in [1.29, 1.82) is 0 Å². The molecule has 2 rings (SSSR count). The Kier molecular flexibility index (Phi) is 3.50. The zero-order valence-electron chi connectivity index (χ0n) is 9.43. The molecule has 0 saturated carbocycles. The largest absolute Gasteiger partial charge is 0.207 e. The first-order valence-corrected chi connectivity index (χ1v) is 6.41. The quantitative estimate of drug-likeness (QED) is 0.677. The predicted octanol–water partition coefficient (Wildman–Crippen LogP) is 4.97. The van der Waals surface area contributed by atoms with Crippen LogP contribution < -0.4 is 0 Å². The van der Waals surface area contributed by atoms with Gasteiger partial charge >= 0.3 is 0 Å². The van der Waals surface area contributed by atoms with Crippen molar-refractivity contribution in [2.24, 2.45) is 0 Å². The van der Waals surface area contributed by atoms with Gasteiger partial charge < -0.3 is 0 Å². The molecule has 1 aromatic heterocycles. The molecule has 0 saturated heterocycles. The van der Waals surface area contributed by atoms with Crippen LogP contribution in [0.15, 0.2) is 24.3 Å². The van der Waals surface area contributed by atoms with Crippen LogP contribution in [-0.2, 0) is 0 Å². The third kappa shape index (κ3) is 2.35. The molecular formula is C13H11ClF2S. The summed E-state index contributed by atoms with van der Waals surface area (Å²) in [5, 5.41) is -0.769. The molecule has 1 unspecified atom stereocenters. The molecule has 0 amide bonds. The Labute approximate surface area is 108 Å². The van der Waals surface area contributed by atoms with Crippen LogP contribution in [0, 0.1) is 25.5 Å². The zero-order valence-corrected chi connectivity index (χ0v) is 11.0. The second-order valence-electron chi connectivity index (χ2n) is 3.90. The smallest absolute Gasteiger partial charge is 0.131 e. The molecule has 0 N–H and O–H groups in total. The lowest BCUT2D eigenvalue weighted by Crippen LogP contribution is -2.00. The highest BCUT2D eigenvalue weighted by atomic mass is 35.5. The topological polar surface area (TPSA) is 0 Å². The van der Waals surface area contributed by atoms with Gasteiger partial charge in [0.1, 0.15) is 11.6 Å². The summed E-state index contributed by atoms with van der Waals surface area (Å²) in [6.45, 7) is 3.84. The number of hydrogen-bond acceptors (Lipinski definition) is 1. The number of thiophene rings is 1. The molecule has 90 valence electrons. The molecule has 0 nitrogen and oxygen atoms in total. The van der Waals surface area contributed by atoms with Crippen LogP contribution in [-0.4, -0.2) is 0 Å². The number of alkyl halides is 1. The van der Waals surface area contributed by atoms with Gasteiger partial charge in [0, 0.05) is 15.3 Å². The standard InChI is InChI=1S/C13H11ClF2S/c1-7-6-8(2)17-13(7)12(14)11-9(15)4-3-5-10(11)16/h3-6,12H,1-2H3. The summed E-state index contributed by atoms with van der Waals surface area (Å²) < 4.78 is 27.2. The van der Waals surface area contributed by atoms with E-state index >= 15 is 0 Å². The zero-order chi connectivity index (χ0) is 12.6. The van der Waals surface area contributed by atoms with Crippen LogP contribution >= 0.6 is 22.9 Å². The summed E-state index contributed by atoms with van der Waals surface area (Å²) >= 11 is 7.66. The maximum atomic E-state index is 13.6. The Morgan fingerprint density at radius 3 is 2.24 bits per heavy atom. The van der Waals surface area contributed by atoms with E-state index in [0.717, 1.165) is 15.3 Å². The van der Waals surface area contributed by atoms with Crippen molar-refractivity contribution in [2.45, 2.75) is 19.2 Å². The Morgan fingerprint density at radius 1 is 1.18 bits per heavy atom. The molecule has 1 atom stereocenters. The van der Waals surface area contributed by atoms with E-state index in [4.69, 9.17) is 11.6 Å². The van der Waals surface area contributed by atoms with Gasteiger partial charge in [-0.2, -0.15) is 0 Å². The van der Waals surface area contributed by atoms with E-state index in [9.17, 15) is 8.78 Å². The molecule has 0 bridgehead atoms. The van der Waals surface area contributed by atoms with Gasteiger partial charge in [-0.05, 0) is 37.6 Å². The van der Waals surface area contributed by atoms with Crippen molar-refractivity contribution in [1.82, 2.24) is 0 Å². The van der Waals surface area contributed by atoms with E-state index in [1.165, 1.54) is 29.5 Å². The van der Waals surface area contributed by atoms with Gasteiger partial charge in [-0.3, -0.25) is 0 Å². The maximum Gasteiger partial charge on any atom is 0.131 e. The van der Waals surface area contributed by atoms with E-state index in [-0.39, 0.29) is 5.56 Å². The van der Waals surface area contributed by atoms with Crippen molar-refractivity contribution in [3.8, 4) is 0 Å². The van der Waals surface area contributed by atoms with Crippen molar-refractivity contribution in [3.63, 3.8) is 0 Å². The fourth-order valence-electron chi connectivity index (χ4n) is 1.79. The first kappa shape index (κ1) is 12.5. The number of halogens is 3. The summed E-state index contributed by atoms with van der Waals surface area (Å²) in [6, 6.07) is 5.76. The van der Waals surface area contributed by atoms with Gasteiger partial charge in [0.05, 0.1) is 5.38 Å². The highest BCUT2D eigenvalue weighted by Gasteiger charge is 2.22. The third-order valence-corrected chi connectivity index (χ3v) is 4.35. The molecule has 0 spiro atoms. The lowest BCUT2D eigenvalue weighted by Gasteiger charge is -2.11. The van der Waals surface area contributed by atoms with Crippen LogP contribution in [0.2, 0.25) is 0 Å². The Morgan fingerprint density at radius 2 is 1.76 bits per heavy atom. The van der Waals surface area contributed by atoms with Crippen molar-refractivity contribution < 1.29 is 8.78 Å². The Balaban J connectivity index is 2.51. The summed E-state index contributed by atoms with van der Waals surface area (Å²) in [7, 11) is 0. The lowest BCUT2D eigenvalue weighted by molar-refractivity contribution is 0.559. The first-order valence-electron chi connectivity index (χ1n) is 5.15. The molecule has 0 fully saturated rings. The van der Waals surface area contributed by atoms with E-state index in [0.29, 0.717) is 0 Å². The van der Waals surface area contributed by atoms with E-state index in [2.05, 4.69) is 0 Å². The van der Waals surface area contributed by atoms with E-state index in [1.807, 2.05) is 19.9 Å². The summed E-state index contributed by atoms with van der Waals surface area (Å²) in [5.41, 5.74) is 0.897. The van der Waals surface area contributed by atoms with Crippen molar-refractivity contribution in [3.05, 3.63) is 56.8 Å². The molecule has 17 heavy (non-hydrogen) atoms. The number of benzene rings is 1. The van der Waals surface area contributed by atoms with Crippen molar-refractivity contribution in [2.75, 3.05) is 0 Å². The Bertz CT molecular complexity index is 528. The van der Waals surface area contributed by atoms with E-state index < -0.39 is 17.0 Å². The number of rotatable bonds is 2.